The molecule has 0 spiro atoms. The van der Waals surface area contributed by atoms with Gasteiger partial charge in [0.05, 0.1) is 26.5 Å². The Kier molecular flexibility index (Phi) is 5.27. The van der Waals surface area contributed by atoms with Gasteiger partial charge in [0, 0.05) is 4.91 Å². The summed E-state index contributed by atoms with van der Waals surface area (Å²) in [6, 6.07) is 5.62. The van der Waals surface area contributed by atoms with Crippen LogP contribution in [-0.4, -0.2) is 47.6 Å². The smallest absolute Gasteiger partial charge is 0.361 e. The van der Waals surface area contributed by atoms with Crippen LogP contribution in [0, 0.1) is 0 Å². The quantitative estimate of drug-likeness (QED) is 0.744. The molecule has 0 aliphatic carbocycles. The van der Waals surface area contributed by atoms with Gasteiger partial charge in [-0.15, -0.1) is 9.89 Å². The van der Waals surface area contributed by atoms with Gasteiger partial charge < -0.3 is 14.2 Å². The van der Waals surface area contributed by atoms with Gasteiger partial charge in [-0.3, -0.25) is 0 Å². The zero-order valence-corrected chi connectivity index (χ0v) is 15.7. The van der Waals surface area contributed by atoms with Gasteiger partial charge in [0.15, 0.2) is 16.5 Å². The molecule has 0 unspecified atom stereocenters. The van der Waals surface area contributed by atoms with Crippen molar-refractivity contribution in [1.82, 2.24) is 15.1 Å². The van der Waals surface area contributed by atoms with Crippen molar-refractivity contribution in [3.63, 3.8) is 0 Å². The third-order valence-corrected chi connectivity index (χ3v) is 4.78. The largest absolute Gasteiger partial charge is 0.493 e. The maximum atomic E-state index is 12.0. The zero-order chi connectivity index (χ0) is 18.7. The molecule has 2 heterocycles. The number of carbonyl (C=O) groups is 1. The van der Waals surface area contributed by atoms with Crippen LogP contribution in [0.15, 0.2) is 33.2 Å². The topological polar surface area (TPSA) is 87.8 Å². The lowest BCUT2D eigenvalue weighted by molar-refractivity contribution is 0.0515. The first-order valence-corrected chi connectivity index (χ1v) is 8.69. The monoisotopic (exact) mass is 374 g/mol. The summed E-state index contributed by atoms with van der Waals surface area (Å²) in [6.45, 7) is 3.88. The fourth-order valence-corrected chi connectivity index (χ4v) is 3.32. The van der Waals surface area contributed by atoms with E-state index < -0.39 is 5.97 Å². The van der Waals surface area contributed by atoms with E-state index in [1.54, 1.807) is 21.1 Å². The highest BCUT2D eigenvalue weighted by atomic mass is 32.2. The second-order valence-corrected chi connectivity index (χ2v) is 6.29. The standard InChI is InChI=1S/C17H18N4O4S/c1-5-25-17(22)15-16-21(20-18-15)19-10(2)14(26-16)9-11-6-7-12(23-3)13(8-11)24-4/h6-9H,5H2,1-4H3/b14-9-. The highest BCUT2D eigenvalue weighted by Crippen LogP contribution is 2.36. The maximum absolute atomic E-state index is 12.0. The van der Waals surface area contributed by atoms with Crippen molar-refractivity contribution in [2.45, 2.75) is 18.9 Å². The summed E-state index contributed by atoms with van der Waals surface area (Å²) in [4.78, 5) is 14.2. The molecule has 26 heavy (non-hydrogen) atoms. The molecule has 3 rings (SSSR count). The Labute approximate surface area is 154 Å². The summed E-state index contributed by atoms with van der Waals surface area (Å²) in [5, 5.41) is 12.7. The third kappa shape index (κ3) is 3.43. The van der Waals surface area contributed by atoms with E-state index in [1.165, 1.54) is 16.6 Å². The zero-order valence-electron chi connectivity index (χ0n) is 14.8. The van der Waals surface area contributed by atoms with Crippen molar-refractivity contribution in [2.75, 3.05) is 20.8 Å². The van der Waals surface area contributed by atoms with E-state index in [4.69, 9.17) is 14.2 Å². The van der Waals surface area contributed by atoms with Crippen LogP contribution in [0.3, 0.4) is 0 Å². The number of hydrogen-bond donors (Lipinski definition) is 0. The molecule has 0 radical (unpaired) electrons. The minimum Gasteiger partial charge on any atom is -0.493 e. The normalized spacial score (nSPS) is 14.6. The van der Waals surface area contributed by atoms with Gasteiger partial charge >= 0.3 is 5.97 Å². The number of fused-ring (bicyclic) bond motifs is 1. The number of benzene rings is 1. The number of esters is 1. The summed E-state index contributed by atoms with van der Waals surface area (Å²) in [7, 11) is 3.18. The number of thioether (sulfide) groups is 1. The highest BCUT2D eigenvalue weighted by molar-refractivity contribution is 8.04. The van der Waals surface area contributed by atoms with Gasteiger partial charge in [0.1, 0.15) is 0 Å². The molecule has 0 saturated carbocycles. The Hall–Kier alpha value is -2.81. The van der Waals surface area contributed by atoms with E-state index in [0.717, 1.165) is 16.2 Å². The second-order valence-electron chi connectivity index (χ2n) is 5.26. The summed E-state index contributed by atoms with van der Waals surface area (Å²) in [5.41, 5.74) is 1.84. The number of hydrogen-bond acceptors (Lipinski definition) is 8. The number of carbonyl (C=O) groups excluding carboxylic acids is 1. The molecule has 0 saturated heterocycles. The van der Waals surface area contributed by atoms with Crippen molar-refractivity contribution >= 4 is 29.5 Å². The van der Waals surface area contributed by atoms with Gasteiger partial charge in [-0.2, -0.15) is 5.10 Å². The number of ether oxygens (including phenoxy) is 3. The summed E-state index contributed by atoms with van der Waals surface area (Å²) in [6.07, 6.45) is 1.96. The molecular formula is C17H18N4O4S. The maximum Gasteiger partial charge on any atom is 0.361 e. The second kappa shape index (κ2) is 7.61. The lowest BCUT2D eigenvalue weighted by Gasteiger charge is -2.14. The van der Waals surface area contributed by atoms with Gasteiger partial charge in [0.25, 0.3) is 0 Å². The van der Waals surface area contributed by atoms with E-state index in [2.05, 4.69) is 15.4 Å². The lowest BCUT2D eigenvalue weighted by Crippen LogP contribution is -2.11. The Morgan fingerprint density at radius 1 is 1.27 bits per heavy atom. The lowest BCUT2D eigenvalue weighted by atomic mass is 10.1. The first-order chi connectivity index (χ1) is 12.6. The van der Waals surface area contributed by atoms with Crippen LogP contribution >= 0.6 is 11.8 Å². The van der Waals surface area contributed by atoms with Crippen molar-refractivity contribution in [3.8, 4) is 11.5 Å². The summed E-state index contributed by atoms with van der Waals surface area (Å²) < 4.78 is 15.6. The van der Waals surface area contributed by atoms with Crippen molar-refractivity contribution in [3.05, 3.63) is 34.4 Å². The third-order valence-electron chi connectivity index (χ3n) is 3.60. The molecule has 1 aromatic heterocycles. The van der Waals surface area contributed by atoms with E-state index in [1.807, 2.05) is 31.2 Å². The van der Waals surface area contributed by atoms with Crippen LogP contribution in [0.5, 0.6) is 11.5 Å². The fraction of sp³-hybridized carbons (Fsp3) is 0.294. The van der Waals surface area contributed by atoms with Crippen LogP contribution in [0.1, 0.15) is 29.9 Å². The molecule has 1 aliphatic heterocycles. The molecule has 9 heteroatoms. The van der Waals surface area contributed by atoms with E-state index in [9.17, 15) is 4.79 Å². The molecule has 136 valence electrons. The Balaban J connectivity index is 1.95. The van der Waals surface area contributed by atoms with Crippen LogP contribution in [0.2, 0.25) is 0 Å². The highest BCUT2D eigenvalue weighted by Gasteiger charge is 2.26. The molecule has 1 aromatic carbocycles. The van der Waals surface area contributed by atoms with Gasteiger partial charge in [-0.25, -0.2) is 4.79 Å². The van der Waals surface area contributed by atoms with E-state index in [-0.39, 0.29) is 12.3 Å². The minimum atomic E-state index is -0.513. The molecule has 2 aromatic rings. The summed E-state index contributed by atoms with van der Waals surface area (Å²) in [5.74, 6) is 0.779. The van der Waals surface area contributed by atoms with E-state index >= 15 is 0 Å². The Morgan fingerprint density at radius 3 is 2.73 bits per heavy atom. The fourth-order valence-electron chi connectivity index (χ4n) is 2.34. The molecule has 0 N–H and O–H groups in total. The number of rotatable bonds is 5. The molecule has 0 atom stereocenters. The molecule has 0 bridgehead atoms. The first kappa shape index (κ1) is 18.0. The minimum absolute atomic E-state index is 0.159. The number of nitrogens with zero attached hydrogens (tertiary/aromatic N) is 4. The van der Waals surface area contributed by atoms with Crippen LogP contribution < -0.4 is 9.47 Å². The van der Waals surface area contributed by atoms with Crippen molar-refractivity contribution < 1.29 is 19.0 Å². The molecule has 0 amide bonds. The number of allylic oxidation sites excluding steroid dienone is 1. The van der Waals surface area contributed by atoms with E-state index in [0.29, 0.717) is 16.5 Å². The number of methoxy groups -OCH3 is 2. The Bertz CT molecular complexity index is 904. The predicted octanol–water partition coefficient (Wildman–Crippen LogP) is 2.84. The van der Waals surface area contributed by atoms with Crippen molar-refractivity contribution in [1.29, 1.82) is 0 Å². The van der Waals surface area contributed by atoms with Gasteiger partial charge in [-0.1, -0.05) is 17.8 Å². The van der Waals surface area contributed by atoms with Crippen LogP contribution in [0.25, 0.3) is 6.08 Å². The van der Waals surface area contributed by atoms with Gasteiger partial charge in [-0.05, 0) is 42.8 Å². The number of aromatic nitrogens is 3. The van der Waals surface area contributed by atoms with Crippen LogP contribution in [0.4, 0.5) is 0 Å². The SMILES string of the molecule is CCOC(=O)c1nnn2c1S/C(=C\c1ccc(OC)c(OC)c1)C(C)=N2. The Morgan fingerprint density at radius 2 is 2.04 bits per heavy atom. The average molecular weight is 374 g/mol. The first-order valence-electron chi connectivity index (χ1n) is 7.87. The summed E-state index contributed by atoms with van der Waals surface area (Å²) >= 11 is 1.37. The van der Waals surface area contributed by atoms with Crippen molar-refractivity contribution in [2.24, 2.45) is 5.10 Å². The molecule has 1 aliphatic rings. The predicted molar refractivity (Wildman–Crippen MR) is 97.9 cm³/mol. The molecule has 0 fully saturated rings. The molecular weight excluding hydrogens is 356 g/mol. The average Bonchev–Trinajstić information content (AvgIpc) is 3.04. The molecule has 8 nitrogen and oxygen atoms in total. The van der Waals surface area contributed by atoms with Gasteiger partial charge in [0.2, 0.25) is 5.69 Å². The van der Waals surface area contributed by atoms with Crippen LogP contribution in [-0.2, 0) is 4.74 Å².